The van der Waals surface area contributed by atoms with Gasteiger partial charge in [-0.2, -0.15) is 0 Å². The van der Waals surface area contributed by atoms with Crippen LogP contribution in [-0.4, -0.2) is 44.8 Å². The monoisotopic (exact) mass is 216 g/mol. The first kappa shape index (κ1) is 12.1. The molecule has 2 atom stereocenters. The van der Waals surface area contributed by atoms with Crippen LogP contribution in [0.15, 0.2) is 0 Å². The van der Waals surface area contributed by atoms with Crippen molar-refractivity contribution in [3.8, 4) is 0 Å². The minimum Gasteiger partial charge on any atom is -0.394 e. The van der Waals surface area contributed by atoms with Crippen molar-refractivity contribution in [3.05, 3.63) is 0 Å². The highest BCUT2D eigenvalue weighted by Crippen LogP contribution is 2.09. The molecule has 6 heteroatoms. The number of hydrogen-bond donors (Lipinski definition) is 3. The van der Waals surface area contributed by atoms with Gasteiger partial charge in [0.05, 0.1) is 12.7 Å². The third-order valence-corrected chi connectivity index (χ3v) is 1.77. The molecule has 3 N–H and O–H groups in total. The van der Waals surface area contributed by atoms with Gasteiger partial charge in [0.2, 0.25) is 0 Å². The molecular formula is C6H10Cl2O4. The van der Waals surface area contributed by atoms with Gasteiger partial charge in [0.1, 0.15) is 6.10 Å². The van der Waals surface area contributed by atoms with Gasteiger partial charge in [0, 0.05) is 6.42 Å². The van der Waals surface area contributed by atoms with Crippen LogP contribution in [0.4, 0.5) is 0 Å². The average Bonchev–Trinajstić information content (AvgIpc) is 2.02. The fourth-order valence-corrected chi connectivity index (χ4v) is 0.731. The molecular weight excluding hydrogens is 207 g/mol. The van der Waals surface area contributed by atoms with E-state index in [0.29, 0.717) is 0 Å². The van der Waals surface area contributed by atoms with Crippen LogP contribution in [-0.2, 0) is 4.79 Å². The van der Waals surface area contributed by atoms with E-state index in [1.165, 1.54) is 0 Å². The smallest absolute Gasteiger partial charge is 0.168 e. The molecule has 12 heavy (non-hydrogen) atoms. The molecule has 72 valence electrons. The lowest BCUT2D eigenvalue weighted by Gasteiger charge is -2.14. The van der Waals surface area contributed by atoms with E-state index in [9.17, 15) is 4.79 Å². The summed E-state index contributed by atoms with van der Waals surface area (Å²) in [5.41, 5.74) is 0. The van der Waals surface area contributed by atoms with Crippen LogP contribution in [0.1, 0.15) is 6.42 Å². The Balaban J connectivity index is 3.83. The van der Waals surface area contributed by atoms with Gasteiger partial charge in [-0.25, -0.2) is 0 Å². The molecule has 4 nitrogen and oxygen atoms in total. The van der Waals surface area contributed by atoms with Crippen LogP contribution < -0.4 is 0 Å². The van der Waals surface area contributed by atoms with Crippen molar-refractivity contribution in [1.82, 2.24) is 0 Å². The zero-order valence-corrected chi connectivity index (χ0v) is 7.66. The van der Waals surface area contributed by atoms with Crippen molar-refractivity contribution >= 4 is 29.0 Å². The molecule has 0 spiro atoms. The maximum atomic E-state index is 10.8. The van der Waals surface area contributed by atoms with Crippen LogP contribution in [0, 0.1) is 0 Å². The summed E-state index contributed by atoms with van der Waals surface area (Å²) in [5, 5.41) is 26.2. The van der Waals surface area contributed by atoms with E-state index in [0.717, 1.165) is 0 Å². The van der Waals surface area contributed by atoms with E-state index in [1.54, 1.807) is 0 Å². The first-order valence-corrected chi connectivity index (χ1v) is 4.14. The van der Waals surface area contributed by atoms with Crippen molar-refractivity contribution in [2.24, 2.45) is 0 Å². The maximum Gasteiger partial charge on any atom is 0.168 e. The van der Waals surface area contributed by atoms with Gasteiger partial charge in [0.15, 0.2) is 10.6 Å². The molecule has 0 aromatic heterocycles. The SMILES string of the molecule is O=C(C[C@H](O)[C@H](O)CO)C(Cl)Cl. The Kier molecular flexibility index (Phi) is 5.78. The normalized spacial score (nSPS) is 16.2. The van der Waals surface area contributed by atoms with Gasteiger partial charge in [-0.15, -0.1) is 0 Å². The van der Waals surface area contributed by atoms with Gasteiger partial charge < -0.3 is 15.3 Å². The molecule has 0 radical (unpaired) electrons. The number of carbonyl (C=O) groups is 1. The number of ketones is 1. The first-order chi connectivity index (χ1) is 5.49. The highest BCUT2D eigenvalue weighted by molar-refractivity contribution is 6.53. The van der Waals surface area contributed by atoms with Crippen LogP contribution in [0.2, 0.25) is 0 Å². The quantitative estimate of drug-likeness (QED) is 0.540. The highest BCUT2D eigenvalue weighted by atomic mass is 35.5. The lowest BCUT2D eigenvalue weighted by Crippen LogP contribution is -2.32. The Hall–Kier alpha value is 0.130. The number of Topliss-reactive ketones (excluding diaryl/α,β-unsaturated/α-hetero) is 1. The largest absolute Gasteiger partial charge is 0.394 e. The molecule has 0 aliphatic rings. The third kappa shape index (κ3) is 4.23. The molecule has 0 saturated carbocycles. The fourth-order valence-electron chi connectivity index (χ4n) is 0.553. The van der Waals surface area contributed by atoms with Crippen molar-refractivity contribution in [2.45, 2.75) is 23.5 Å². The summed E-state index contributed by atoms with van der Waals surface area (Å²) in [7, 11) is 0. The number of aliphatic hydroxyl groups excluding tert-OH is 3. The van der Waals surface area contributed by atoms with Crippen LogP contribution in [0.5, 0.6) is 0 Å². The van der Waals surface area contributed by atoms with Crippen molar-refractivity contribution in [2.75, 3.05) is 6.61 Å². The topological polar surface area (TPSA) is 77.8 Å². The lowest BCUT2D eigenvalue weighted by atomic mass is 10.1. The number of carbonyl (C=O) groups excluding carboxylic acids is 1. The number of alkyl halides is 2. The van der Waals surface area contributed by atoms with E-state index >= 15 is 0 Å². The van der Waals surface area contributed by atoms with E-state index < -0.39 is 29.4 Å². The van der Waals surface area contributed by atoms with Crippen molar-refractivity contribution in [1.29, 1.82) is 0 Å². The Morgan fingerprint density at radius 1 is 1.25 bits per heavy atom. The van der Waals surface area contributed by atoms with E-state index in [4.69, 9.17) is 38.5 Å². The van der Waals surface area contributed by atoms with Gasteiger partial charge in [0.25, 0.3) is 0 Å². The molecule has 0 aliphatic heterocycles. The van der Waals surface area contributed by atoms with Gasteiger partial charge >= 0.3 is 0 Å². The minimum absolute atomic E-state index is 0.362. The zero-order valence-electron chi connectivity index (χ0n) is 6.15. The molecule has 0 rings (SSSR count). The van der Waals surface area contributed by atoms with E-state index in [-0.39, 0.29) is 6.42 Å². The number of rotatable bonds is 5. The average molecular weight is 217 g/mol. The lowest BCUT2D eigenvalue weighted by molar-refractivity contribution is -0.121. The summed E-state index contributed by atoms with van der Waals surface area (Å²) in [5.74, 6) is -0.585. The fraction of sp³-hybridized carbons (Fsp3) is 0.833. The van der Waals surface area contributed by atoms with Crippen molar-refractivity contribution < 1.29 is 20.1 Å². The third-order valence-electron chi connectivity index (χ3n) is 1.28. The molecule has 0 aliphatic carbocycles. The van der Waals surface area contributed by atoms with Crippen molar-refractivity contribution in [3.63, 3.8) is 0 Å². The molecule has 0 unspecified atom stereocenters. The zero-order chi connectivity index (χ0) is 9.72. The molecule has 0 heterocycles. The van der Waals surface area contributed by atoms with Gasteiger partial charge in [-0.1, -0.05) is 23.2 Å². The van der Waals surface area contributed by atoms with E-state index in [2.05, 4.69) is 0 Å². The predicted molar refractivity (Wildman–Crippen MR) is 44.2 cm³/mol. The maximum absolute atomic E-state index is 10.8. The molecule has 0 amide bonds. The molecule has 0 aromatic carbocycles. The summed E-state index contributed by atoms with van der Waals surface area (Å²) in [6.45, 7) is -0.607. The van der Waals surface area contributed by atoms with Gasteiger partial charge in [-0.3, -0.25) is 4.79 Å². The molecule has 0 fully saturated rings. The Morgan fingerprint density at radius 2 is 1.75 bits per heavy atom. The van der Waals surface area contributed by atoms with Crippen LogP contribution >= 0.6 is 23.2 Å². The summed E-state index contributed by atoms with van der Waals surface area (Å²) in [6, 6.07) is 0. The second kappa shape index (κ2) is 5.72. The van der Waals surface area contributed by atoms with E-state index in [1.807, 2.05) is 0 Å². The minimum atomic E-state index is -1.33. The Bertz CT molecular complexity index is 150. The Morgan fingerprint density at radius 3 is 2.08 bits per heavy atom. The second-order valence-electron chi connectivity index (χ2n) is 2.29. The van der Waals surface area contributed by atoms with Crippen LogP contribution in [0.25, 0.3) is 0 Å². The standard InChI is InChI=1S/C6H10Cl2O4/c7-6(8)4(11)1-3(10)5(12)2-9/h3,5-6,9-10,12H,1-2H2/t3-,5+/m0/s1. The van der Waals surface area contributed by atoms with Gasteiger partial charge in [-0.05, 0) is 0 Å². The number of aliphatic hydroxyl groups is 3. The molecule has 0 saturated heterocycles. The molecule has 0 aromatic rings. The van der Waals surface area contributed by atoms with Crippen LogP contribution in [0.3, 0.4) is 0 Å². The highest BCUT2D eigenvalue weighted by Gasteiger charge is 2.21. The summed E-state index contributed by atoms with van der Waals surface area (Å²) in [6.07, 6.45) is -3.01. The molecule has 0 bridgehead atoms. The first-order valence-electron chi connectivity index (χ1n) is 3.27. The summed E-state index contributed by atoms with van der Waals surface area (Å²) in [4.78, 5) is 9.55. The second-order valence-corrected chi connectivity index (χ2v) is 3.38. The predicted octanol–water partition coefficient (Wildman–Crippen LogP) is -0.537. The Labute approximate surface area is 79.7 Å². The number of halogens is 2. The summed E-state index contributed by atoms with van der Waals surface area (Å²) < 4.78 is 0. The summed E-state index contributed by atoms with van der Waals surface area (Å²) >= 11 is 10.4. The number of hydrogen-bond acceptors (Lipinski definition) is 4.